The average Bonchev–Trinajstić information content (AvgIpc) is 3.50. The third kappa shape index (κ3) is 8.17. The molecular formula is C43H63NO11. The molecule has 3 N–H and O–H groups in total. The van der Waals surface area contributed by atoms with Crippen molar-refractivity contribution in [2.45, 2.75) is 172 Å². The molecule has 12 nitrogen and oxygen atoms in total. The molecule has 7 aliphatic rings. The smallest absolute Gasteiger partial charge is 0.316 e. The van der Waals surface area contributed by atoms with Crippen LogP contribution in [0.15, 0.2) is 52.3 Å². The van der Waals surface area contributed by atoms with Crippen molar-refractivity contribution in [2.24, 2.45) is 28.8 Å². The fraction of sp³-hybridized carbons (Fsp3) is 0.767. The summed E-state index contributed by atoms with van der Waals surface area (Å²) in [7, 11) is 1.59. The Balaban J connectivity index is 1.25. The summed E-state index contributed by atoms with van der Waals surface area (Å²) < 4.78 is 45.1. The second-order valence-electron chi connectivity index (χ2n) is 17.4. The Labute approximate surface area is 325 Å². The topological polar surface area (TPSA) is 155 Å². The number of esters is 1. The summed E-state index contributed by atoms with van der Waals surface area (Å²) in [5.41, 5.74) is 0.362. The van der Waals surface area contributed by atoms with Gasteiger partial charge in [0, 0.05) is 38.7 Å². The number of aliphatic hydroxyl groups excluding tert-OH is 1. The van der Waals surface area contributed by atoms with E-state index in [-0.39, 0.29) is 30.4 Å². The number of hydrogen-bond acceptors (Lipinski definition) is 12. The monoisotopic (exact) mass is 769 g/mol. The van der Waals surface area contributed by atoms with Crippen LogP contribution in [-0.4, -0.2) is 107 Å². The van der Waals surface area contributed by atoms with Gasteiger partial charge in [-0.05, 0) is 75.0 Å². The lowest BCUT2D eigenvalue weighted by molar-refractivity contribution is -0.342. The van der Waals surface area contributed by atoms with Gasteiger partial charge in [-0.2, -0.15) is 0 Å². The van der Waals surface area contributed by atoms with E-state index in [1.807, 2.05) is 19.1 Å². The molecule has 2 bridgehead atoms. The standard InChI is InChI=1S/C43H63NO11/c1-24-11-10-14-30-23-50-40-36(44-48)27(4)19-33(43(30,40)47)41(46)52-32-20-31(16-15-25(2)38(24)53-35-21-34(49-6)37(45)28(5)51-35)54-42(22-32)18-17-26(3)39(55-42)29-12-8-7-9-13-29/h10-11,14-15,19,24,26,28-29,31-35,37-40,45,47-48H,7-9,12-13,16-18,20-23H2,1-6H3/b11-10+,25-15+,30-14+,44-36+/t24-,26-,28-,31+,32?,33?,34-,35-,37-,38-,39?,40+,42+,43+/m0/s1. The summed E-state index contributed by atoms with van der Waals surface area (Å²) in [4.78, 5) is 14.4. The van der Waals surface area contributed by atoms with Crippen LogP contribution in [0.5, 0.6) is 0 Å². The minimum atomic E-state index is -1.83. The summed E-state index contributed by atoms with van der Waals surface area (Å²) in [6, 6.07) is 0. The largest absolute Gasteiger partial charge is 0.462 e. The molecule has 0 aromatic carbocycles. The predicted molar refractivity (Wildman–Crippen MR) is 203 cm³/mol. The van der Waals surface area contributed by atoms with Gasteiger partial charge in [-0.15, -0.1) is 0 Å². The van der Waals surface area contributed by atoms with Crippen molar-refractivity contribution in [1.29, 1.82) is 0 Å². The maximum atomic E-state index is 14.4. The van der Waals surface area contributed by atoms with Gasteiger partial charge < -0.3 is 48.6 Å². The molecule has 306 valence electrons. The highest BCUT2D eigenvalue weighted by Crippen LogP contribution is 2.48. The molecule has 5 fully saturated rings. The van der Waals surface area contributed by atoms with Crippen LogP contribution in [-0.2, 0) is 38.0 Å². The van der Waals surface area contributed by atoms with Crippen LogP contribution in [0.4, 0.5) is 0 Å². The second-order valence-corrected chi connectivity index (χ2v) is 17.4. The van der Waals surface area contributed by atoms with Crippen molar-refractivity contribution in [2.75, 3.05) is 13.7 Å². The molecule has 12 heteroatoms. The van der Waals surface area contributed by atoms with E-state index in [9.17, 15) is 20.2 Å². The number of allylic oxidation sites excluding steroid dienone is 2. The first-order valence-electron chi connectivity index (χ1n) is 20.7. The summed E-state index contributed by atoms with van der Waals surface area (Å²) in [5.74, 6) is -1.83. The van der Waals surface area contributed by atoms with Crippen molar-refractivity contribution in [3.8, 4) is 0 Å². The Bertz CT molecular complexity index is 1550. The molecule has 55 heavy (non-hydrogen) atoms. The van der Waals surface area contributed by atoms with Gasteiger partial charge in [-0.25, -0.2) is 0 Å². The average molecular weight is 770 g/mol. The molecule has 4 saturated heterocycles. The number of methoxy groups -OCH3 is 1. The maximum absolute atomic E-state index is 14.4. The predicted octanol–water partition coefficient (Wildman–Crippen LogP) is 6.07. The van der Waals surface area contributed by atoms with E-state index in [2.05, 4.69) is 32.0 Å². The van der Waals surface area contributed by atoms with Crippen LogP contribution in [0.1, 0.15) is 105 Å². The van der Waals surface area contributed by atoms with Gasteiger partial charge >= 0.3 is 5.97 Å². The van der Waals surface area contributed by atoms with E-state index >= 15 is 0 Å². The van der Waals surface area contributed by atoms with Crippen molar-refractivity contribution in [1.82, 2.24) is 0 Å². The number of nitrogens with zero attached hydrogens (tertiary/aromatic N) is 1. The van der Waals surface area contributed by atoms with Crippen LogP contribution in [0.3, 0.4) is 0 Å². The third-order valence-corrected chi connectivity index (χ3v) is 13.6. The van der Waals surface area contributed by atoms with Gasteiger partial charge in [0.2, 0.25) is 0 Å². The third-order valence-electron chi connectivity index (χ3n) is 13.6. The summed E-state index contributed by atoms with van der Waals surface area (Å²) >= 11 is 0. The first-order chi connectivity index (χ1) is 26.4. The minimum absolute atomic E-state index is 0.0359. The van der Waals surface area contributed by atoms with Crippen molar-refractivity contribution in [3.05, 3.63) is 47.1 Å². The van der Waals surface area contributed by atoms with Gasteiger partial charge in [0.15, 0.2) is 12.1 Å². The summed E-state index contributed by atoms with van der Waals surface area (Å²) in [6.07, 6.45) is 14.4. The lowest BCUT2D eigenvalue weighted by Gasteiger charge is -2.51. The second kappa shape index (κ2) is 16.8. The van der Waals surface area contributed by atoms with Crippen LogP contribution < -0.4 is 0 Å². The Morgan fingerprint density at radius 3 is 2.55 bits per heavy atom. The fourth-order valence-corrected chi connectivity index (χ4v) is 10.4. The van der Waals surface area contributed by atoms with E-state index in [0.29, 0.717) is 55.1 Å². The van der Waals surface area contributed by atoms with Crippen molar-refractivity contribution < 1.29 is 53.4 Å². The fourth-order valence-electron chi connectivity index (χ4n) is 10.4. The highest BCUT2D eigenvalue weighted by Gasteiger charge is 2.60. The number of carbonyl (C=O) groups excluding carboxylic acids is 1. The van der Waals surface area contributed by atoms with Crippen LogP contribution >= 0.6 is 0 Å². The zero-order valence-electron chi connectivity index (χ0n) is 33.4. The number of oxime groups is 1. The Kier molecular flexibility index (Phi) is 12.5. The number of ether oxygens (including phenoxy) is 7. The SMILES string of the molecule is CO[C@H]1C[C@H](O[C@@H]2/C(C)=C/C[C@@H]3CC(C[C@]4(CC[C@H](C)C(C5CCCCC5)O4)O3)OC(=O)C3C=C(C)/C(=N\O)[C@H]4OC/C(=C\C=C\[C@@H]2C)[C@@]34O)O[C@@H](C)[C@@H]1O. The zero-order chi connectivity index (χ0) is 39.1. The number of carbonyl (C=O) groups is 1. The number of rotatable bonds is 4. The molecule has 0 aromatic heterocycles. The highest BCUT2D eigenvalue weighted by molar-refractivity contribution is 6.06. The summed E-state index contributed by atoms with van der Waals surface area (Å²) in [5, 5.41) is 36.7. The van der Waals surface area contributed by atoms with Gasteiger partial charge in [0.25, 0.3) is 0 Å². The van der Waals surface area contributed by atoms with Gasteiger partial charge in [-0.1, -0.05) is 68.6 Å². The van der Waals surface area contributed by atoms with Gasteiger partial charge in [0.1, 0.15) is 35.5 Å². The Morgan fingerprint density at radius 2 is 1.80 bits per heavy atom. The molecule has 5 aliphatic heterocycles. The minimum Gasteiger partial charge on any atom is -0.462 e. The molecule has 0 amide bonds. The first-order valence-corrected chi connectivity index (χ1v) is 20.7. The van der Waals surface area contributed by atoms with Crippen LogP contribution in [0.2, 0.25) is 0 Å². The molecule has 7 rings (SSSR count). The Morgan fingerprint density at radius 1 is 1.02 bits per heavy atom. The quantitative estimate of drug-likeness (QED) is 0.132. The highest BCUT2D eigenvalue weighted by atomic mass is 16.7. The normalized spacial score (nSPS) is 47.9. The molecule has 0 aromatic rings. The number of aliphatic hydroxyl groups is 2. The molecule has 3 unspecified atom stereocenters. The molecule has 1 saturated carbocycles. The summed E-state index contributed by atoms with van der Waals surface area (Å²) in [6.45, 7) is 10.0. The molecule has 5 heterocycles. The lowest BCUT2D eigenvalue weighted by atomic mass is 9.71. The molecule has 1 spiro atoms. The van der Waals surface area contributed by atoms with E-state index in [0.717, 1.165) is 24.8 Å². The van der Waals surface area contributed by atoms with E-state index < -0.39 is 66.2 Å². The molecule has 14 atom stereocenters. The van der Waals surface area contributed by atoms with E-state index in [1.54, 1.807) is 26.2 Å². The van der Waals surface area contributed by atoms with Crippen molar-refractivity contribution in [3.63, 3.8) is 0 Å². The maximum Gasteiger partial charge on any atom is 0.316 e. The zero-order valence-corrected chi connectivity index (χ0v) is 33.4. The van der Waals surface area contributed by atoms with Gasteiger partial charge in [0.05, 0.1) is 37.1 Å². The number of hydrogen-bond donors (Lipinski definition) is 3. The van der Waals surface area contributed by atoms with E-state index in [4.69, 9.17) is 33.2 Å². The van der Waals surface area contributed by atoms with Gasteiger partial charge in [-0.3, -0.25) is 4.79 Å². The number of fused-ring (bicyclic) bond motifs is 2. The molecule has 2 aliphatic carbocycles. The van der Waals surface area contributed by atoms with E-state index in [1.165, 1.54) is 19.3 Å². The van der Waals surface area contributed by atoms with Crippen LogP contribution in [0.25, 0.3) is 0 Å². The lowest BCUT2D eigenvalue weighted by Crippen LogP contribution is -2.57. The molecule has 0 radical (unpaired) electrons. The van der Waals surface area contributed by atoms with Crippen molar-refractivity contribution >= 4 is 11.7 Å². The van der Waals surface area contributed by atoms with Crippen LogP contribution in [0, 0.1) is 23.7 Å². The Hall–Kier alpha value is -2.42. The molecular weight excluding hydrogens is 706 g/mol. The first kappa shape index (κ1) is 40.8.